The monoisotopic (exact) mass is 324 g/mol. The molecular formula is C17H32N4O2. The first-order valence-corrected chi connectivity index (χ1v) is 9.21. The van der Waals surface area contributed by atoms with Crippen LogP contribution < -0.4 is 0 Å². The van der Waals surface area contributed by atoms with Crippen molar-refractivity contribution in [3.05, 3.63) is 0 Å². The Morgan fingerprint density at radius 2 is 1.65 bits per heavy atom. The van der Waals surface area contributed by atoms with Crippen LogP contribution in [0.2, 0.25) is 0 Å². The Bertz CT molecular complexity index is 401. The molecule has 0 aromatic carbocycles. The van der Waals surface area contributed by atoms with E-state index in [-0.39, 0.29) is 11.7 Å². The number of likely N-dealkylation sites (N-methyl/N-ethyl adjacent to an activating group) is 1. The Kier molecular flexibility index (Phi) is 5.44. The maximum atomic E-state index is 12.2. The minimum absolute atomic E-state index is 0.0923. The van der Waals surface area contributed by atoms with Gasteiger partial charge in [-0.3, -0.25) is 0 Å². The van der Waals surface area contributed by atoms with Crippen LogP contribution in [0.15, 0.2) is 0 Å². The number of hydrogen-bond acceptors (Lipinski definition) is 5. The number of rotatable bonds is 5. The summed E-state index contributed by atoms with van der Waals surface area (Å²) in [7, 11) is 2.14. The third kappa shape index (κ3) is 4.17. The van der Waals surface area contributed by atoms with E-state index in [1.807, 2.05) is 4.90 Å². The summed E-state index contributed by atoms with van der Waals surface area (Å²) in [6.45, 7) is 12.9. The standard InChI is InChI=1S/C17H32N4O2/c1-3-19-11-13-20(14-12-19)7-4-8-21-15-17(23-16(21)22)5-9-18(2)10-6-17/h3-15H2,1-2H3. The van der Waals surface area contributed by atoms with Crippen molar-refractivity contribution < 1.29 is 9.53 Å². The third-order valence-corrected chi connectivity index (χ3v) is 5.75. The van der Waals surface area contributed by atoms with E-state index in [1.165, 1.54) is 13.1 Å². The molecule has 0 saturated carbocycles. The third-order valence-electron chi connectivity index (χ3n) is 5.75. The first-order valence-electron chi connectivity index (χ1n) is 9.21. The van der Waals surface area contributed by atoms with Crippen LogP contribution in [0.4, 0.5) is 4.79 Å². The minimum Gasteiger partial charge on any atom is -0.441 e. The van der Waals surface area contributed by atoms with Gasteiger partial charge >= 0.3 is 6.09 Å². The van der Waals surface area contributed by atoms with Gasteiger partial charge in [-0.05, 0) is 26.6 Å². The van der Waals surface area contributed by atoms with Crippen molar-refractivity contribution in [3.63, 3.8) is 0 Å². The second-order valence-corrected chi connectivity index (χ2v) is 7.41. The van der Waals surface area contributed by atoms with Crippen molar-refractivity contribution in [2.75, 3.05) is 72.5 Å². The zero-order chi connectivity index (χ0) is 16.3. The second-order valence-electron chi connectivity index (χ2n) is 7.41. The lowest BCUT2D eigenvalue weighted by Crippen LogP contribution is -2.47. The summed E-state index contributed by atoms with van der Waals surface area (Å²) in [4.78, 5) is 21.4. The molecule has 132 valence electrons. The Morgan fingerprint density at radius 1 is 1.00 bits per heavy atom. The summed E-state index contributed by atoms with van der Waals surface area (Å²) in [5, 5.41) is 0. The van der Waals surface area contributed by atoms with Crippen LogP contribution in [-0.4, -0.2) is 104 Å². The van der Waals surface area contributed by atoms with Crippen LogP contribution >= 0.6 is 0 Å². The highest BCUT2D eigenvalue weighted by Crippen LogP contribution is 2.32. The van der Waals surface area contributed by atoms with Gasteiger partial charge in [0.15, 0.2) is 0 Å². The molecule has 3 saturated heterocycles. The van der Waals surface area contributed by atoms with E-state index < -0.39 is 0 Å². The first-order chi connectivity index (χ1) is 11.1. The predicted octanol–water partition coefficient (Wildman–Crippen LogP) is 0.931. The van der Waals surface area contributed by atoms with E-state index >= 15 is 0 Å². The van der Waals surface area contributed by atoms with Crippen LogP contribution in [0.5, 0.6) is 0 Å². The lowest BCUT2D eigenvalue weighted by atomic mass is 9.91. The fourth-order valence-electron chi connectivity index (χ4n) is 3.97. The predicted molar refractivity (Wildman–Crippen MR) is 90.7 cm³/mol. The number of nitrogens with zero attached hydrogens (tertiary/aromatic N) is 4. The van der Waals surface area contributed by atoms with Crippen molar-refractivity contribution >= 4 is 6.09 Å². The smallest absolute Gasteiger partial charge is 0.410 e. The van der Waals surface area contributed by atoms with Crippen molar-refractivity contribution in [2.24, 2.45) is 0 Å². The average molecular weight is 324 g/mol. The van der Waals surface area contributed by atoms with E-state index in [1.54, 1.807) is 0 Å². The average Bonchev–Trinajstić information content (AvgIpc) is 2.87. The SMILES string of the molecule is CCN1CCN(CCCN2CC3(CCN(C)CC3)OC2=O)CC1. The largest absolute Gasteiger partial charge is 0.441 e. The highest BCUT2D eigenvalue weighted by atomic mass is 16.6. The van der Waals surface area contributed by atoms with Gasteiger partial charge in [-0.1, -0.05) is 6.92 Å². The van der Waals surface area contributed by atoms with Crippen LogP contribution in [0.3, 0.4) is 0 Å². The summed E-state index contributed by atoms with van der Waals surface area (Å²) in [6.07, 6.45) is 2.91. The number of likely N-dealkylation sites (tertiary alicyclic amines) is 1. The van der Waals surface area contributed by atoms with E-state index in [0.29, 0.717) is 0 Å². The van der Waals surface area contributed by atoms with Crippen molar-refractivity contribution in [3.8, 4) is 0 Å². The number of piperazine rings is 1. The van der Waals surface area contributed by atoms with Gasteiger partial charge in [0.2, 0.25) is 0 Å². The molecule has 0 atom stereocenters. The number of carbonyl (C=O) groups is 1. The number of hydrogen-bond donors (Lipinski definition) is 0. The van der Waals surface area contributed by atoms with Crippen molar-refractivity contribution in [1.29, 1.82) is 0 Å². The first kappa shape index (κ1) is 17.0. The molecule has 0 unspecified atom stereocenters. The molecule has 3 aliphatic rings. The summed E-state index contributed by atoms with van der Waals surface area (Å²) in [6, 6.07) is 0. The Hall–Kier alpha value is -0.850. The fourth-order valence-corrected chi connectivity index (χ4v) is 3.97. The molecule has 0 radical (unpaired) electrons. The minimum atomic E-state index is -0.198. The molecule has 1 spiro atoms. The van der Waals surface area contributed by atoms with Crippen molar-refractivity contribution in [2.45, 2.75) is 31.8 Å². The Balaban J connectivity index is 1.38. The van der Waals surface area contributed by atoms with E-state index in [4.69, 9.17) is 4.74 Å². The van der Waals surface area contributed by atoms with Crippen LogP contribution in [0.1, 0.15) is 26.2 Å². The number of piperidine rings is 1. The molecule has 0 aromatic heterocycles. The second kappa shape index (κ2) is 7.36. The van der Waals surface area contributed by atoms with Gasteiger partial charge in [-0.15, -0.1) is 0 Å². The molecule has 3 fully saturated rings. The van der Waals surface area contributed by atoms with Gasteiger partial charge in [0.1, 0.15) is 5.60 Å². The zero-order valence-electron chi connectivity index (χ0n) is 14.8. The summed E-state index contributed by atoms with van der Waals surface area (Å²) in [5.74, 6) is 0. The summed E-state index contributed by atoms with van der Waals surface area (Å²) < 4.78 is 5.76. The molecule has 0 bridgehead atoms. The number of carbonyl (C=O) groups excluding carboxylic acids is 1. The summed E-state index contributed by atoms with van der Waals surface area (Å²) in [5.41, 5.74) is -0.198. The molecule has 23 heavy (non-hydrogen) atoms. The normalized spacial score (nSPS) is 26.9. The molecular weight excluding hydrogens is 292 g/mol. The van der Waals surface area contributed by atoms with E-state index in [2.05, 4.69) is 28.7 Å². The molecule has 6 nitrogen and oxygen atoms in total. The highest BCUT2D eigenvalue weighted by Gasteiger charge is 2.46. The fraction of sp³-hybridized carbons (Fsp3) is 0.941. The van der Waals surface area contributed by atoms with Gasteiger partial charge in [0, 0.05) is 58.7 Å². The van der Waals surface area contributed by atoms with Crippen LogP contribution in [0.25, 0.3) is 0 Å². The maximum absolute atomic E-state index is 12.2. The highest BCUT2D eigenvalue weighted by molar-refractivity contribution is 5.70. The lowest BCUT2D eigenvalue weighted by molar-refractivity contribution is 0.00658. The molecule has 6 heteroatoms. The Morgan fingerprint density at radius 3 is 2.30 bits per heavy atom. The number of amides is 1. The quantitative estimate of drug-likeness (QED) is 0.752. The van der Waals surface area contributed by atoms with Gasteiger partial charge in [0.05, 0.1) is 6.54 Å². The van der Waals surface area contributed by atoms with Crippen LogP contribution in [0, 0.1) is 0 Å². The molecule has 0 aromatic rings. The zero-order valence-corrected chi connectivity index (χ0v) is 14.8. The van der Waals surface area contributed by atoms with Gasteiger partial charge < -0.3 is 24.3 Å². The topological polar surface area (TPSA) is 39.3 Å². The molecule has 1 amide bonds. The summed E-state index contributed by atoms with van der Waals surface area (Å²) >= 11 is 0. The molecule has 3 heterocycles. The molecule has 3 aliphatic heterocycles. The van der Waals surface area contributed by atoms with E-state index in [0.717, 1.165) is 71.6 Å². The van der Waals surface area contributed by atoms with Gasteiger partial charge in [-0.25, -0.2) is 4.79 Å². The van der Waals surface area contributed by atoms with Gasteiger partial charge in [-0.2, -0.15) is 0 Å². The number of ether oxygens (including phenoxy) is 1. The van der Waals surface area contributed by atoms with E-state index in [9.17, 15) is 4.79 Å². The molecule has 0 aliphatic carbocycles. The van der Waals surface area contributed by atoms with Crippen LogP contribution in [-0.2, 0) is 4.74 Å². The maximum Gasteiger partial charge on any atom is 0.410 e. The molecule has 3 rings (SSSR count). The Labute approximate surface area is 140 Å². The van der Waals surface area contributed by atoms with Gasteiger partial charge in [0.25, 0.3) is 0 Å². The van der Waals surface area contributed by atoms with Crippen molar-refractivity contribution in [1.82, 2.24) is 19.6 Å². The molecule has 0 N–H and O–H groups in total. The lowest BCUT2D eigenvalue weighted by Gasteiger charge is -2.35.